The number of hydrogen-bond donors (Lipinski definition) is 0. The van der Waals surface area contributed by atoms with E-state index in [1.165, 1.54) is 21.6 Å². The number of amides is 2. The Balaban J connectivity index is 1.48. The van der Waals surface area contributed by atoms with Crippen molar-refractivity contribution in [2.45, 2.75) is 20.8 Å². The predicted octanol–water partition coefficient (Wildman–Crippen LogP) is 6.80. The first-order valence-electron chi connectivity index (χ1n) is 12.1. The Morgan fingerprint density at radius 2 is 1.20 bits per heavy atom. The summed E-state index contributed by atoms with van der Waals surface area (Å²) in [6, 6.07) is 22.8. The summed E-state index contributed by atoms with van der Waals surface area (Å²) in [7, 11) is 0. The van der Waals surface area contributed by atoms with Gasteiger partial charge < -0.3 is 0 Å². The van der Waals surface area contributed by atoms with E-state index in [0.717, 1.165) is 26.7 Å². The van der Waals surface area contributed by atoms with Gasteiger partial charge in [-0.1, -0.05) is 93.8 Å². The molecule has 1 saturated heterocycles. The molecule has 1 aliphatic heterocycles. The van der Waals surface area contributed by atoms with Crippen LogP contribution in [0.4, 0.5) is 5.69 Å². The van der Waals surface area contributed by atoms with Crippen LogP contribution >= 0.6 is 15.9 Å². The van der Waals surface area contributed by atoms with Gasteiger partial charge in [-0.15, -0.1) is 0 Å². The molecule has 174 valence electrons. The van der Waals surface area contributed by atoms with Gasteiger partial charge >= 0.3 is 0 Å². The number of nitrogens with zero attached hydrogens (tertiary/aromatic N) is 1. The Kier molecular flexibility index (Phi) is 5.19. The third-order valence-electron chi connectivity index (χ3n) is 7.80. The molecular formula is C31H26BrNO2. The molecule has 1 heterocycles. The first-order chi connectivity index (χ1) is 16.8. The third-order valence-corrected chi connectivity index (χ3v) is 8.65. The minimum atomic E-state index is -0.349. The second-order valence-corrected chi connectivity index (χ2v) is 10.9. The molecule has 2 amide bonds. The zero-order valence-electron chi connectivity index (χ0n) is 20.0. The van der Waals surface area contributed by atoms with Gasteiger partial charge in [-0.3, -0.25) is 9.59 Å². The molecule has 0 radical (unpaired) electrons. The maximum absolute atomic E-state index is 13.7. The Morgan fingerprint density at radius 1 is 0.714 bits per heavy atom. The lowest BCUT2D eigenvalue weighted by atomic mass is 9.85. The summed E-state index contributed by atoms with van der Waals surface area (Å²) in [6.45, 7) is 6.17. The second kappa shape index (κ2) is 8.17. The molecule has 35 heavy (non-hydrogen) atoms. The zero-order chi connectivity index (χ0) is 24.4. The maximum Gasteiger partial charge on any atom is 0.238 e. The molecular weight excluding hydrogens is 498 g/mol. The highest BCUT2D eigenvalue weighted by molar-refractivity contribution is 9.10. The fourth-order valence-electron chi connectivity index (χ4n) is 6.01. The van der Waals surface area contributed by atoms with Crippen LogP contribution in [0.1, 0.15) is 27.8 Å². The number of rotatable bonds is 3. The van der Waals surface area contributed by atoms with Crippen molar-refractivity contribution in [1.29, 1.82) is 0 Å². The number of aryl methyl sites for hydroxylation is 3. The molecule has 0 N–H and O–H groups in total. The van der Waals surface area contributed by atoms with Gasteiger partial charge in [-0.25, -0.2) is 4.90 Å². The molecule has 0 unspecified atom stereocenters. The van der Waals surface area contributed by atoms with E-state index in [1.807, 2.05) is 25.1 Å². The van der Waals surface area contributed by atoms with Crippen LogP contribution in [0.15, 0.2) is 88.9 Å². The number of halogens is 1. The Hall–Kier alpha value is -3.24. The van der Waals surface area contributed by atoms with Crippen molar-refractivity contribution in [3.8, 4) is 0 Å². The minimum absolute atomic E-state index is 0.0713. The summed E-state index contributed by atoms with van der Waals surface area (Å²) in [6.07, 6.45) is 4.31. The molecule has 4 atom stereocenters. The van der Waals surface area contributed by atoms with Gasteiger partial charge in [-0.05, 0) is 60.7 Å². The molecule has 3 aliphatic rings. The SMILES string of the molecule is Cc1ccc(C(=C2[C@H]3C=C[C@H]2[C@H]2C(=O)N(c4ccc(C)c(Br)c4)C(=O)[C@@H]23)c2ccc(C)cc2)cc1. The quantitative estimate of drug-likeness (QED) is 0.279. The number of imide groups is 1. The largest absolute Gasteiger partial charge is 0.274 e. The monoisotopic (exact) mass is 523 g/mol. The van der Waals surface area contributed by atoms with Gasteiger partial charge in [0, 0.05) is 16.3 Å². The average molecular weight is 524 g/mol. The lowest BCUT2D eigenvalue weighted by Gasteiger charge is -2.22. The lowest BCUT2D eigenvalue weighted by molar-refractivity contribution is -0.122. The summed E-state index contributed by atoms with van der Waals surface area (Å²) < 4.78 is 0.898. The number of hydrogen-bond acceptors (Lipinski definition) is 2. The van der Waals surface area contributed by atoms with Crippen molar-refractivity contribution < 1.29 is 9.59 Å². The number of allylic oxidation sites excluding steroid dienone is 3. The zero-order valence-corrected chi connectivity index (χ0v) is 21.5. The Bertz CT molecular complexity index is 1350. The summed E-state index contributed by atoms with van der Waals surface area (Å²) >= 11 is 3.55. The van der Waals surface area contributed by atoms with E-state index < -0.39 is 0 Å². The molecule has 2 bridgehead atoms. The van der Waals surface area contributed by atoms with E-state index in [2.05, 4.69) is 90.5 Å². The van der Waals surface area contributed by atoms with E-state index in [4.69, 9.17) is 0 Å². The van der Waals surface area contributed by atoms with Crippen LogP contribution in [0, 0.1) is 44.4 Å². The van der Waals surface area contributed by atoms with Crippen LogP contribution in [0.25, 0.3) is 5.57 Å². The number of benzene rings is 3. The maximum atomic E-state index is 13.7. The van der Waals surface area contributed by atoms with E-state index in [-0.39, 0.29) is 35.5 Å². The molecule has 3 nitrogen and oxygen atoms in total. The number of carbonyl (C=O) groups excluding carboxylic acids is 2. The van der Waals surface area contributed by atoms with Crippen molar-refractivity contribution in [2.75, 3.05) is 4.90 Å². The van der Waals surface area contributed by atoms with Crippen LogP contribution in [0.5, 0.6) is 0 Å². The van der Waals surface area contributed by atoms with Crippen molar-refractivity contribution in [3.05, 3.63) is 117 Å². The van der Waals surface area contributed by atoms with Crippen molar-refractivity contribution >= 4 is 39.0 Å². The van der Waals surface area contributed by atoms with Crippen LogP contribution in [0.2, 0.25) is 0 Å². The fraction of sp³-hybridized carbons (Fsp3) is 0.226. The molecule has 2 aliphatic carbocycles. The minimum Gasteiger partial charge on any atom is -0.274 e. The van der Waals surface area contributed by atoms with Gasteiger partial charge in [0.15, 0.2) is 0 Å². The fourth-order valence-corrected chi connectivity index (χ4v) is 6.38. The highest BCUT2D eigenvalue weighted by Crippen LogP contribution is 2.59. The first-order valence-corrected chi connectivity index (χ1v) is 12.8. The number of carbonyl (C=O) groups is 2. The van der Waals surface area contributed by atoms with Gasteiger partial charge in [-0.2, -0.15) is 0 Å². The Morgan fingerprint density at radius 3 is 1.66 bits per heavy atom. The Labute approximate surface area is 214 Å². The topological polar surface area (TPSA) is 37.4 Å². The average Bonchev–Trinajstić information content (AvgIpc) is 3.48. The highest BCUT2D eigenvalue weighted by Gasteiger charge is 2.62. The predicted molar refractivity (Wildman–Crippen MR) is 143 cm³/mol. The van der Waals surface area contributed by atoms with Gasteiger partial charge in [0.25, 0.3) is 0 Å². The van der Waals surface area contributed by atoms with Crippen molar-refractivity contribution in [1.82, 2.24) is 0 Å². The molecule has 3 aromatic rings. The van der Waals surface area contributed by atoms with Crippen LogP contribution in [-0.2, 0) is 9.59 Å². The molecule has 0 spiro atoms. The lowest BCUT2D eigenvalue weighted by Crippen LogP contribution is -2.33. The van der Waals surface area contributed by atoms with E-state index in [0.29, 0.717) is 5.69 Å². The molecule has 4 heteroatoms. The van der Waals surface area contributed by atoms with Crippen LogP contribution < -0.4 is 4.90 Å². The normalized spacial score (nSPS) is 24.5. The van der Waals surface area contributed by atoms with Crippen molar-refractivity contribution in [3.63, 3.8) is 0 Å². The van der Waals surface area contributed by atoms with Gasteiger partial charge in [0.05, 0.1) is 17.5 Å². The summed E-state index contributed by atoms with van der Waals surface area (Å²) in [5.74, 6) is -1.01. The molecule has 6 rings (SSSR count). The van der Waals surface area contributed by atoms with E-state index in [1.54, 1.807) is 0 Å². The summed E-state index contributed by atoms with van der Waals surface area (Å²) in [5.41, 5.74) is 8.76. The highest BCUT2D eigenvalue weighted by atomic mass is 79.9. The standard InChI is InChI=1S/C31H26BrNO2/c1-17-4-9-20(10-5-17)26(21-11-6-18(2)7-12-21)27-23-14-15-24(27)29-28(23)30(34)33(31(29)35)22-13-8-19(3)25(32)16-22/h4-16,23-24,28-29H,1-3H3/t23-,24-,28-,29-/m1/s1. The molecule has 2 fully saturated rings. The molecule has 1 saturated carbocycles. The van der Waals surface area contributed by atoms with Crippen LogP contribution in [-0.4, -0.2) is 11.8 Å². The number of anilines is 1. The summed E-state index contributed by atoms with van der Waals surface area (Å²) in [4.78, 5) is 28.9. The second-order valence-electron chi connectivity index (χ2n) is 10.00. The van der Waals surface area contributed by atoms with Crippen LogP contribution in [0.3, 0.4) is 0 Å². The van der Waals surface area contributed by atoms with Gasteiger partial charge in [0.2, 0.25) is 11.8 Å². The van der Waals surface area contributed by atoms with Gasteiger partial charge in [0.1, 0.15) is 0 Å². The third kappa shape index (κ3) is 3.38. The van der Waals surface area contributed by atoms with E-state index in [9.17, 15) is 9.59 Å². The molecule has 0 aromatic heterocycles. The smallest absolute Gasteiger partial charge is 0.238 e. The first kappa shape index (κ1) is 22.2. The molecule has 3 aromatic carbocycles. The van der Waals surface area contributed by atoms with Crippen molar-refractivity contribution in [2.24, 2.45) is 23.7 Å². The summed E-state index contributed by atoms with van der Waals surface area (Å²) in [5, 5.41) is 0. The van der Waals surface area contributed by atoms with E-state index >= 15 is 0 Å². The number of fused-ring (bicyclic) bond motifs is 5.